The number of nitrogens with one attached hydrogen (secondary N) is 3. The second-order valence-electron chi connectivity index (χ2n) is 10.6. The normalized spacial score (nSPS) is 14.4. The quantitative estimate of drug-likeness (QED) is 0.276. The van der Waals surface area contributed by atoms with E-state index in [-0.39, 0.29) is 34.8 Å². The molecule has 44 heavy (non-hydrogen) atoms. The summed E-state index contributed by atoms with van der Waals surface area (Å²) < 4.78 is 23.0. The van der Waals surface area contributed by atoms with Crippen LogP contribution in [0.1, 0.15) is 27.9 Å². The Labute approximate surface area is 257 Å². The standard InChI is InChI=1S/C32H31ClFN5O5/c1-17-20(18-11-25(34)23(27(12-18)44-4)15-35-19-13-28(40)36-14-19)7-5-8-21(17)22-9-6-10-26(29(22)33)37-30(41)24-16-38(2)32(43)39(3)31(24)42/h5-12,16,19,35H,13-15H2,1-4H3,(H,36,40)(H,37,41). The second kappa shape index (κ2) is 12.5. The number of ether oxygens (including phenoxy) is 1. The highest BCUT2D eigenvalue weighted by Crippen LogP contribution is 2.39. The van der Waals surface area contributed by atoms with Crippen molar-refractivity contribution in [1.29, 1.82) is 0 Å². The number of carbonyl (C=O) groups excluding carboxylic acids is 2. The van der Waals surface area contributed by atoms with E-state index in [1.165, 1.54) is 33.5 Å². The zero-order valence-corrected chi connectivity index (χ0v) is 25.3. The van der Waals surface area contributed by atoms with Gasteiger partial charge in [0.25, 0.3) is 11.5 Å². The van der Waals surface area contributed by atoms with Gasteiger partial charge >= 0.3 is 5.69 Å². The first-order chi connectivity index (χ1) is 21.0. The maximum absolute atomic E-state index is 15.5. The Kier molecular flexibility index (Phi) is 8.70. The van der Waals surface area contributed by atoms with Gasteiger partial charge in [0.1, 0.15) is 17.1 Å². The molecule has 1 saturated heterocycles. The molecule has 3 N–H and O–H groups in total. The molecule has 228 valence electrons. The fourth-order valence-corrected chi connectivity index (χ4v) is 5.62. The van der Waals surface area contributed by atoms with Crippen molar-refractivity contribution in [1.82, 2.24) is 19.8 Å². The summed E-state index contributed by atoms with van der Waals surface area (Å²) in [5, 5.41) is 8.90. The zero-order valence-electron chi connectivity index (χ0n) is 24.6. The lowest BCUT2D eigenvalue weighted by Crippen LogP contribution is -2.40. The fourth-order valence-electron chi connectivity index (χ4n) is 5.35. The number of aryl methyl sites for hydroxylation is 1. The van der Waals surface area contributed by atoms with Crippen LogP contribution < -0.4 is 31.9 Å². The molecular weight excluding hydrogens is 589 g/mol. The Morgan fingerprint density at radius 1 is 1.09 bits per heavy atom. The molecule has 1 aliphatic rings. The molecule has 1 atom stereocenters. The number of halogens is 2. The van der Waals surface area contributed by atoms with Gasteiger partial charge in [-0.15, -0.1) is 0 Å². The molecule has 10 nitrogen and oxygen atoms in total. The monoisotopic (exact) mass is 619 g/mol. The van der Waals surface area contributed by atoms with Crippen LogP contribution in [0.25, 0.3) is 22.3 Å². The van der Waals surface area contributed by atoms with Crippen molar-refractivity contribution < 1.29 is 18.7 Å². The molecule has 4 aromatic rings. The first kappa shape index (κ1) is 30.7. The van der Waals surface area contributed by atoms with Crippen molar-refractivity contribution in [2.45, 2.75) is 25.9 Å². The lowest BCUT2D eigenvalue weighted by atomic mass is 9.91. The summed E-state index contributed by atoms with van der Waals surface area (Å²) in [5.74, 6) is -0.814. The van der Waals surface area contributed by atoms with Gasteiger partial charge in [-0.3, -0.25) is 19.0 Å². The molecule has 5 rings (SSSR count). The van der Waals surface area contributed by atoms with Crippen molar-refractivity contribution in [2.24, 2.45) is 14.1 Å². The van der Waals surface area contributed by atoms with Gasteiger partial charge in [-0.1, -0.05) is 41.9 Å². The second-order valence-corrected chi connectivity index (χ2v) is 11.0. The molecule has 1 aliphatic heterocycles. The van der Waals surface area contributed by atoms with E-state index in [9.17, 15) is 19.2 Å². The van der Waals surface area contributed by atoms with E-state index in [0.717, 1.165) is 25.8 Å². The number of amides is 2. The molecule has 2 heterocycles. The van der Waals surface area contributed by atoms with E-state index in [4.69, 9.17) is 16.3 Å². The molecule has 1 unspecified atom stereocenters. The fraction of sp³-hybridized carbons (Fsp3) is 0.250. The lowest BCUT2D eigenvalue weighted by Gasteiger charge is -2.18. The van der Waals surface area contributed by atoms with Crippen LogP contribution in [-0.4, -0.2) is 40.6 Å². The highest BCUT2D eigenvalue weighted by Gasteiger charge is 2.23. The molecule has 0 bridgehead atoms. The van der Waals surface area contributed by atoms with E-state index in [2.05, 4.69) is 16.0 Å². The first-order valence-corrected chi connectivity index (χ1v) is 14.2. The van der Waals surface area contributed by atoms with E-state index in [0.29, 0.717) is 35.4 Å². The third-order valence-electron chi connectivity index (χ3n) is 7.79. The molecule has 3 aromatic carbocycles. The van der Waals surface area contributed by atoms with Crippen LogP contribution in [0.2, 0.25) is 5.02 Å². The summed E-state index contributed by atoms with van der Waals surface area (Å²) in [6, 6.07) is 13.9. The number of rotatable bonds is 8. The summed E-state index contributed by atoms with van der Waals surface area (Å²) in [6.45, 7) is 2.59. The van der Waals surface area contributed by atoms with Gasteiger partial charge in [0.05, 0.1) is 17.8 Å². The molecule has 0 spiro atoms. The third-order valence-corrected chi connectivity index (χ3v) is 8.20. The summed E-state index contributed by atoms with van der Waals surface area (Å²) in [5.41, 5.74) is 2.69. The predicted octanol–water partition coefficient (Wildman–Crippen LogP) is 3.76. The SMILES string of the molecule is COc1cc(-c2cccc(-c3cccc(NC(=O)c4cn(C)c(=O)n(C)c4=O)c3Cl)c2C)cc(F)c1CNC1CNC(=O)C1. The molecule has 0 saturated carbocycles. The number of hydrogen-bond acceptors (Lipinski definition) is 6. The number of anilines is 1. The summed E-state index contributed by atoms with van der Waals surface area (Å²) in [4.78, 5) is 49.1. The number of nitrogens with zero attached hydrogens (tertiary/aromatic N) is 2. The van der Waals surface area contributed by atoms with Crippen LogP contribution in [0.5, 0.6) is 5.75 Å². The van der Waals surface area contributed by atoms with Crippen LogP contribution in [0.3, 0.4) is 0 Å². The summed E-state index contributed by atoms with van der Waals surface area (Å²) >= 11 is 6.80. The average Bonchev–Trinajstić information content (AvgIpc) is 3.43. The van der Waals surface area contributed by atoms with Gasteiger partial charge in [-0.2, -0.15) is 0 Å². The van der Waals surface area contributed by atoms with Crippen LogP contribution in [-0.2, 0) is 25.4 Å². The molecule has 1 fully saturated rings. The van der Waals surface area contributed by atoms with Crippen molar-refractivity contribution >= 4 is 29.1 Å². The van der Waals surface area contributed by atoms with Crippen LogP contribution >= 0.6 is 11.6 Å². The lowest BCUT2D eigenvalue weighted by molar-refractivity contribution is -0.119. The highest BCUT2D eigenvalue weighted by molar-refractivity contribution is 6.36. The van der Waals surface area contributed by atoms with Crippen molar-refractivity contribution in [3.63, 3.8) is 0 Å². The third kappa shape index (κ3) is 5.88. The van der Waals surface area contributed by atoms with E-state index in [1.807, 2.05) is 25.1 Å². The van der Waals surface area contributed by atoms with Gasteiger partial charge in [0.15, 0.2) is 0 Å². The topological polar surface area (TPSA) is 123 Å². The Morgan fingerprint density at radius 2 is 1.80 bits per heavy atom. The number of aromatic nitrogens is 2. The van der Waals surface area contributed by atoms with E-state index >= 15 is 4.39 Å². The van der Waals surface area contributed by atoms with Gasteiger partial charge < -0.3 is 25.3 Å². The van der Waals surface area contributed by atoms with E-state index < -0.39 is 23.0 Å². The largest absolute Gasteiger partial charge is 0.496 e. The number of carbonyl (C=O) groups is 2. The maximum atomic E-state index is 15.5. The van der Waals surface area contributed by atoms with Crippen LogP contribution in [0.4, 0.5) is 10.1 Å². The summed E-state index contributed by atoms with van der Waals surface area (Å²) in [7, 11) is 4.23. The minimum absolute atomic E-state index is 0.0382. The van der Waals surface area contributed by atoms with Crippen molar-refractivity contribution in [3.05, 3.63) is 103 Å². The maximum Gasteiger partial charge on any atom is 0.330 e. The highest BCUT2D eigenvalue weighted by atomic mass is 35.5. The van der Waals surface area contributed by atoms with E-state index in [1.54, 1.807) is 24.3 Å². The Morgan fingerprint density at radius 3 is 2.50 bits per heavy atom. The zero-order chi connectivity index (χ0) is 31.7. The first-order valence-electron chi connectivity index (χ1n) is 13.8. The average molecular weight is 620 g/mol. The predicted molar refractivity (Wildman–Crippen MR) is 167 cm³/mol. The Balaban J connectivity index is 1.46. The molecule has 2 amide bonds. The van der Waals surface area contributed by atoms with Crippen molar-refractivity contribution in [3.8, 4) is 28.0 Å². The van der Waals surface area contributed by atoms with Gasteiger partial charge in [0, 0.05) is 57.0 Å². The minimum Gasteiger partial charge on any atom is -0.496 e. The van der Waals surface area contributed by atoms with Gasteiger partial charge in [-0.05, 0) is 47.4 Å². The smallest absolute Gasteiger partial charge is 0.330 e. The number of hydrogen-bond donors (Lipinski definition) is 3. The van der Waals surface area contributed by atoms with Gasteiger partial charge in [-0.25, -0.2) is 9.18 Å². The Hall–Kier alpha value is -4.74. The molecular formula is C32H31ClFN5O5. The number of methoxy groups -OCH3 is 1. The van der Waals surface area contributed by atoms with Crippen molar-refractivity contribution in [2.75, 3.05) is 19.0 Å². The molecule has 0 aliphatic carbocycles. The van der Waals surface area contributed by atoms with Crippen LogP contribution in [0, 0.1) is 12.7 Å². The molecule has 1 aromatic heterocycles. The number of benzene rings is 3. The minimum atomic E-state index is -0.725. The van der Waals surface area contributed by atoms with Gasteiger partial charge in [0.2, 0.25) is 5.91 Å². The molecule has 12 heteroatoms. The molecule has 0 radical (unpaired) electrons. The Bertz CT molecular complexity index is 1920. The summed E-state index contributed by atoms with van der Waals surface area (Å²) in [6.07, 6.45) is 1.53. The van der Waals surface area contributed by atoms with Crippen LogP contribution in [0.15, 0.2) is 64.3 Å².